The Bertz CT molecular complexity index is 966. The van der Waals surface area contributed by atoms with Gasteiger partial charge in [-0.25, -0.2) is 8.42 Å². The van der Waals surface area contributed by atoms with E-state index in [1.165, 1.54) is 0 Å². The van der Waals surface area contributed by atoms with Crippen LogP contribution in [0.25, 0.3) is 11.4 Å². The topological polar surface area (TPSA) is 94.3 Å². The standard InChI is InChI=1S/C17H17N3O4S/c1-12-4-3-5-15(10-12)23-11-16-18-17(19-24-16)13-6-8-14(9-7-13)20-25(2,21)22/h3-10,20H,11H2,1-2H3. The Morgan fingerprint density at radius 1 is 1.16 bits per heavy atom. The number of benzene rings is 2. The fourth-order valence-corrected chi connectivity index (χ4v) is 2.75. The maximum absolute atomic E-state index is 11.2. The summed E-state index contributed by atoms with van der Waals surface area (Å²) in [5, 5.41) is 3.92. The molecule has 0 saturated carbocycles. The molecule has 8 heteroatoms. The van der Waals surface area contributed by atoms with Crippen LogP contribution in [0.2, 0.25) is 0 Å². The summed E-state index contributed by atoms with van der Waals surface area (Å²) in [6.45, 7) is 2.16. The molecule has 3 rings (SSSR count). The number of rotatable bonds is 6. The van der Waals surface area contributed by atoms with E-state index >= 15 is 0 Å². The quantitative estimate of drug-likeness (QED) is 0.727. The highest BCUT2D eigenvalue weighted by Crippen LogP contribution is 2.20. The van der Waals surface area contributed by atoms with Gasteiger partial charge in [0.2, 0.25) is 15.8 Å². The smallest absolute Gasteiger partial charge is 0.264 e. The zero-order valence-corrected chi connectivity index (χ0v) is 14.6. The number of sulfonamides is 1. The van der Waals surface area contributed by atoms with Gasteiger partial charge in [0.15, 0.2) is 6.61 Å². The molecular formula is C17H17N3O4S. The van der Waals surface area contributed by atoms with Crippen LogP contribution in [0.5, 0.6) is 5.75 Å². The summed E-state index contributed by atoms with van der Waals surface area (Å²) in [4.78, 5) is 4.28. The average Bonchev–Trinajstić information content (AvgIpc) is 3.01. The predicted octanol–water partition coefficient (Wildman–Crippen LogP) is 3.00. The van der Waals surface area contributed by atoms with Crippen molar-refractivity contribution in [3.8, 4) is 17.1 Å². The van der Waals surface area contributed by atoms with Crippen molar-refractivity contribution in [2.24, 2.45) is 0 Å². The van der Waals surface area contributed by atoms with Gasteiger partial charge in [-0.05, 0) is 48.9 Å². The summed E-state index contributed by atoms with van der Waals surface area (Å²) in [7, 11) is -3.30. The molecule has 0 bridgehead atoms. The van der Waals surface area contributed by atoms with E-state index in [0.29, 0.717) is 23.0 Å². The van der Waals surface area contributed by atoms with Gasteiger partial charge in [-0.1, -0.05) is 17.3 Å². The normalized spacial score (nSPS) is 11.3. The van der Waals surface area contributed by atoms with Crippen molar-refractivity contribution < 1.29 is 17.7 Å². The van der Waals surface area contributed by atoms with Gasteiger partial charge < -0.3 is 9.26 Å². The fourth-order valence-electron chi connectivity index (χ4n) is 2.18. The van der Waals surface area contributed by atoms with E-state index in [0.717, 1.165) is 17.6 Å². The van der Waals surface area contributed by atoms with Gasteiger partial charge >= 0.3 is 0 Å². The minimum atomic E-state index is -3.30. The van der Waals surface area contributed by atoms with Crippen LogP contribution in [0.3, 0.4) is 0 Å². The van der Waals surface area contributed by atoms with Gasteiger partial charge in [0.1, 0.15) is 5.75 Å². The first-order valence-corrected chi connectivity index (χ1v) is 9.38. The fraction of sp³-hybridized carbons (Fsp3) is 0.176. The van der Waals surface area contributed by atoms with Gasteiger partial charge in [0, 0.05) is 11.3 Å². The lowest BCUT2D eigenvalue weighted by Crippen LogP contribution is -2.09. The van der Waals surface area contributed by atoms with Crippen LogP contribution < -0.4 is 9.46 Å². The molecule has 0 amide bonds. The van der Waals surface area contributed by atoms with Gasteiger partial charge in [0.05, 0.1) is 6.26 Å². The molecule has 0 saturated heterocycles. The zero-order chi connectivity index (χ0) is 17.9. The van der Waals surface area contributed by atoms with Crippen LogP contribution in [0.4, 0.5) is 5.69 Å². The molecule has 0 aliphatic heterocycles. The van der Waals surface area contributed by atoms with Crippen molar-refractivity contribution in [1.29, 1.82) is 0 Å². The second-order valence-electron chi connectivity index (χ2n) is 5.57. The van der Waals surface area contributed by atoms with Crippen molar-refractivity contribution in [2.75, 3.05) is 11.0 Å². The molecule has 130 valence electrons. The van der Waals surface area contributed by atoms with E-state index < -0.39 is 10.0 Å². The predicted molar refractivity (Wildman–Crippen MR) is 93.7 cm³/mol. The molecule has 0 aliphatic rings. The van der Waals surface area contributed by atoms with Crippen LogP contribution in [0, 0.1) is 6.92 Å². The van der Waals surface area contributed by atoms with E-state index in [1.807, 2.05) is 31.2 Å². The van der Waals surface area contributed by atoms with Crippen LogP contribution in [-0.2, 0) is 16.6 Å². The second-order valence-corrected chi connectivity index (χ2v) is 7.32. The van der Waals surface area contributed by atoms with Gasteiger partial charge in [-0.15, -0.1) is 0 Å². The molecule has 25 heavy (non-hydrogen) atoms. The molecule has 0 atom stereocenters. The highest BCUT2D eigenvalue weighted by molar-refractivity contribution is 7.92. The molecular weight excluding hydrogens is 342 g/mol. The Morgan fingerprint density at radius 2 is 1.92 bits per heavy atom. The molecule has 0 fully saturated rings. The van der Waals surface area contributed by atoms with Crippen molar-refractivity contribution in [1.82, 2.24) is 10.1 Å². The highest BCUT2D eigenvalue weighted by Gasteiger charge is 2.10. The summed E-state index contributed by atoms with van der Waals surface area (Å²) in [5.41, 5.74) is 2.29. The highest BCUT2D eigenvalue weighted by atomic mass is 32.2. The number of nitrogens with zero attached hydrogens (tertiary/aromatic N) is 2. The SMILES string of the molecule is Cc1cccc(OCc2nc(-c3ccc(NS(C)(=O)=O)cc3)no2)c1. The van der Waals surface area contributed by atoms with Gasteiger partial charge in [-0.3, -0.25) is 4.72 Å². The number of ether oxygens (including phenoxy) is 1. The molecule has 3 aromatic rings. The lowest BCUT2D eigenvalue weighted by molar-refractivity contribution is 0.243. The van der Waals surface area contributed by atoms with Crippen molar-refractivity contribution in [2.45, 2.75) is 13.5 Å². The van der Waals surface area contributed by atoms with E-state index in [-0.39, 0.29) is 6.61 Å². The van der Waals surface area contributed by atoms with Crippen molar-refractivity contribution in [3.05, 3.63) is 60.0 Å². The molecule has 2 aromatic carbocycles. The third kappa shape index (κ3) is 4.80. The van der Waals surface area contributed by atoms with Gasteiger partial charge in [0.25, 0.3) is 5.89 Å². The molecule has 1 heterocycles. The van der Waals surface area contributed by atoms with E-state index in [2.05, 4.69) is 14.9 Å². The second kappa shape index (κ2) is 6.94. The average molecular weight is 359 g/mol. The lowest BCUT2D eigenvalue weighted by Gasteiger charge is -2.03. The number of anilines is 1. The van der Waals surface area contributed by atoms with Crippen LogP contribution in [0.1, 0.15) is 11.5 Å². The van der Waals surface area contributed by atoms with E-state index in [9.17, 15) is 8.42 Å². The largest absolute Gasteiger partial charge is 0.484 e. The summed E-state index contributed by atoms with van der Waals surface area (Å²) < 4.78 is 35.6. The monoisotopic (exact) mass is 359 g/mol. The van der Waals surface area contributed by atoms with E-state index in [4.69, 9.17) is 9.26 Å². The molecule has 1 aromatic heterocycles. The number of hydrogen-bond acceptors (Lipinski definition) is 6. The maximum atomic E-state index is 11.2. The van der Waals surface area contributed by atoms with Crippen LogP contribution in [-0.4, -0.2) is 24.8 Å². The molecule has 7 nitrogen and oxygen atoms in total. The molecule has 1 N–H and O–H groups in total. The first-order valence-electron chi connectivity index (χ1n) is 7.49. The Balaban J connectivity index is 1.66. The van der Waals surface area contributed by atoms with Crippen molar-refractivity contribution >= 4 is 15.7 Å². The zero-order valence-electron chi connectivity index (χ0n) is 13.8. The number of hydrogen-bond donors (Lipinski definition) is 1. The first kappa shape index (κ1) is 17.0. The molecule has 0 radical (unpaired) electrons. The molecule has 0 unspecified atom stereocenters. The van der Waals surface area contributed by atoms with Gasteiger partial charge in [-0.2, -0.15) is 4.98 Å². The summed E-state index contributed by atoms with van der Waals surface area (Å²) >= 11 is 0. The third-order valence-electron chi connectivity index (χ3n) is 3.27. The lowest BCUT2D eigenvalue weighted by atomic mass is 10.2. The maximum Gasteiger partial charge on any atom is 0.264 e. The Kier molecular flexibility index (Phi) is 4.71. The van der Waals surface area contributed by atoms with Crippen molar-refractivity contribution in [3.63, 3.8) is 0 Å². The molecule has 0 spiro atoms. The Labute approximate surface area is 145 Å². The van der Waals surface area contributed by atoms with Crippen LogP contribution >= 0.6 is 0 Å². The molecule has 0 aliphatic carbocycles. The summed E-state index contributed by atoms with van der Waals surface area (Å²) in [6, 6.07) is 14.4. The van der Waals surface area contributed by atoms with Crippen LogP contribution in [0.15, 0.2) is 53.1 Å². The minimum Gasteiger partial charge on any atom is -0.484 e. The number of aromatic nitrogens is 2. The minimum absolute atomic E-state index is 0.171. The Hall–Kier alpha value is -2.87. The number of aryl methyl sites for hydroxylation is 1. The Morgan fingerprint density at radius 3 is 2.60 bits per heavy atom. The third-order valence-corrected chi connectivity index (χ3v) is 3.87. The summed E-state index contributed by atoms with van der Waals surface area (Å²) in [5.74, 6) is 1.50. The number of nitrogens with one attached hydrogen (secondary N) is 1. The summed E-state index contributed by atoms with van der Waals surface area (Å²) in [6.07, 6.45) is 1.10. The first-order chi connectivity index (χ1) is 11.9. The van der Waals surface area contributed by atoms with E-state index in [1.54, 1.807) is 24.3 Å².